The van der Waals surface area contributed by atoms with Crippen LogP contribution in [0, 0.1) is 0 Å². The topological polar surface area (TPSA) is 121 Å². The van der Waals surface area contributed by atoms with Gasteiger partial charge in [0.15, 0.2) is 11.4 Å². The number of likely N-dealkylation sites (N-methyl/N-ethyl adjacent to an activating group) is 1. The molecule has 0 unspecified atom stereocenters. The number of piperazine rings is 1. The maximum atomic E-state index is 13.4. The summed E-state index contributed by atoms with van der Waals surface area (Å²) in [5.74, 6) is -0.927. The number of anilines is 4. The lowest BCUT2D eigenvalue weighted by Crippen LogP contribution is -2.44. The number of benzene rings is 1. The molecule has 42 heavy (non-hydrogen) atoms. The summed E-state index contributed by atoms with van der Waals surface area (Å²) in [6.07, 6.45) is -0.959. The summed E-state index contributed by atoms with van der Waals surface area (Å²) in [6.45, 7) is 6.75. The Hall–Kier alpha value is -4.37. The van der Waals surface area contributed by atoms with E-state index in [2.05, 4.69) is 41.8 Å². The van der Waals surface area contributed by atoms with E-state index in [1.165, 1.54) is 17.2 Å². The Balaban J connectivity index is 1.34. The molecular formula is C26H27ClF3N9O3. The van der Waals surface area contributed by atoms with Gasteiger partial charge >= 0.3 is 6.36 Å². The summed E-state index contributed by atoms with van der Waals surface area (Å²) >= 11 is 6.28. The monoisotopic (exact) mass is 605 g/mol. The van der Waals surface area contributed by atoms with Gasteiger partial charge in [-0.25, -0.2) is 15.0 Å². The second kappa shape index (κ2) is 11.9. The third-order valence-electron chi connectivity index (χ3n) is 6.82. The lowest BCUT2D eigenvalue weighted by Gasteiger charge is -2.35. The van der Waals surface area contributed by atoms with Crippen molar-refractivity contribution in [1.29, 1.82) is 0 Å². The average Bonchev–Trinajstić information content (AvgIpc) is 3.35. The van der Waals surface area contributed by atoms with Crippen LogP contribution in [0.2, 0.25) is 5.02 Å². The van der Waals surface area contributed by atoms with E-state index in [9.17, 15) is 22.8 Å². The molecule has 222 valence electrons. The highest BCUT2D eigenvalue weighted by Gasteiger charge is 2.33. The third-order valence-corrected chi connectivity index (χ3v) is 7.10. The van der Waals surface area contributed by atoms with Gasteiger partial charge in [0.1, 0.15) is 0 Å². The standard InChI is InChI=1S/C26H27ClF3N9O3/c1-3-21(40)34-25-32-13-17-15-38(10-11-39(17)25)23(41)22-18(27)14-31-24(35-22)33-16-4-5-19(20(12-16)42-26(28,29)30)37-8-6-36(2)7-9-37/h3-5,12-14H,1,6-11,15H2,2H3,(H,31,33,35)(H,32,34,40). The summed E-state index contributed by atoms with van der Waals surface area (Å²) in [5.41, 5.74) is 1.15. The van der Waals surface area contributed by atoms with Crippen LogP contribution in [0.1, 0.15) is 16.2 Å². The number of hydrogen-bond donors (Lipinski definition) is 2. The number of aromatic nitrogens is 4. The lowest BCUT2D eigenvalue weighted by molar-refractivity contribution is -0.274. The molecule has 0 saturated carbocycles. The van der Waals surface area contributed by atoms with E-state index < -0.39 is 18.2 Å². The van der Waals surface area contributed by atoms with E-state index in [1.807, 2.05) is 11.9 Å². The summed E-state index contributed by atoms with van der Waals surface area (Å²) < 4.78 is 45.9. The predicted molar refractivity (Wildman–Crippen MR) is 149 cm³/mol. The molecule has 3 aromatic rings. The molecule has 12 nitrogen and oxygen atoms in total. The Bertz CT molecular complexity index is 1510. The van der Waals surface area contributed by atoms with E-state index in [0.29, 0.717) is 50.1 Å². The maximum absolute atomic E-state index is 13.4. The molecule has 0 radical (unpaired) electrons. The number of fused-ring (bicyclic) bond motifs is 1. The van der Waals surface area contributed by atoms with Gasteiger partial charge in [-0.3, -0.25) is 14.9 Å². The molecule has 2 amide bonds. The number of nitrogens with one attached hydrogen (secondary N) is 2. The van der Waals surface area contributed by atoms with Gasteiger partial charge in [0.2, 0.25) is 17.8 Å². The molecule has 1 aromatic carbocycles. The highest BCUT2D eigenvalue weighted by Crippen LogP contribution is 2.36. The number of carbonyl (C=O) groups is 2. The minimum absolute atomic E-state index is 0.00933. The van der Waals surface area contributed by atoms with Gasteiger partial charge in [0.05, 0.1) is 35.3 Å². The molecular weight excluding hydrogens is 579 g/mol. The van der Waals surface area contributed by atoms with Gasteiger partial charge in [-0.2, -0.15) is 0 Å². The van der Waals surface area contributed by atoms with Crippen molar-refractivity contribution in [2.75, 3.05) is 55.3 Å². The summed E-state index contributed by atoms with van der Waals surface area (Å²) in [6, 6.07) is 4.35. The average molecular weight is 606 g/mol. The molecule has 2 aromatic heterocycles. The van der Waals surface area contributed by atoms with Gasteiger partial charge < -0.3 is 29.3 Å². The van der Waals surface area contributed by atoms with Crippen LogP contribution in [0.15, 0.2) is 43.2 Å². The molecule has 0 spiro atoms. The minimum atomic E-state index is -4.89. The Morgan fingerprint density at radius 3 is 2.57 bits per heavy atom. The molecule has 2 aliphatic rings. The van der Waals surface area contributed by atoms with Crippen molar-refractivity contribution < 1.29 is 27.5 Å². The second-order valence-electron chi connectivity index (χ2n) is 9.68. The molecule has 0 aliphatic carbocycles. The number of nitrogens with zero attached hydrogens (tertiary/aromatic N) is 7. The largest absolute Gasteiger partial charge is 0.573 e. The van der Waals surface area contributed by atoms with Crippen molar-refractivity contribution in [3.63, 3.8) is 0 Å². The Morgan fingerprint density at radius 1 is 1.10 bits per heavy atom. The molecule has 16 heteroatoms. The van der Waals surface area contributed by atoms with Gasteiger partial charge in [0, 0.05) is 51.0 Å². The molecule has 5 rings (SSSR count). The van der Waals surface area contributed by atoms with Crippen LogP contribution in [-0.2, 0) is 17.9 Å². The molecule has 2 N–H and O–H groups in total. The van der Waals surface area contributed by atoms with Crippen LogP contribution < -0.4 is 20.3 Å². The first-order chi connectivity index (χ1) is 20.0. The fourth-order valence-corrected chi connectivity index (χ4v) is 4.85. The SMILES string of the molecule is C=CC(=O)Nc1ncc2n1CCN(C(=O)c1nc(Nc3ccc(N4CCN(C)CC4)c(OC(F)(F)F)c3)ncc1Cl)C2. The van der Waals surface area contributed by atoms with Crippen molar-refractivity contribution in [3.05, 3.63) is 59.7 Å². The molecule has 0 atom stereocenters. The Morgan fingerprint density at radius 2 is 1.86 bits per heavy atom. The van der Waals surface area contributed by atoms with Crippen LogP contribution in [0.5, 0.6) is 5.75 Å². The third kappa shape index (κ3) is 6.57. The van der Waals surface area contributed by atoms with Crippen molar-refractivity contribution >= 4 is 46.7 Å². The lowest BCUT2D eigenvalue weighted by atomic mass is 10.2. The van der Waals surface area contributed by atoms with Crippen LogP contribution in [-0.4, -0.2) is 87.3 Å². The van der Waals surface area contributed by atoms with Gasteiger partial charge in [-0.1, -0.05) is 18.2 Å². The zero-order valence-electron chi connectivity index (χ0n) is 22.5. The van der Waals surface area contributed by atoms with E-state index in [4.69, 9.17) is 11.6 Å². The van der Waals surface area contributed by atoms with Crippen molar-refractivity contribution in [1.82, 2.24) is 29.3 Å². The number of carbonyl (C=O) groups excluding carboxylic acids is 2. The maximum Gasteiger partial charge on any atom is 0.573 e. The van der Waals surface area contributed by atoms with Crippen molar-refractivity contribution in [2.45, 2.75) is 19.5 Å². The highest BCUT2D eigenvalue weighted by molar-refractivity contribution is 6.33. The van der Waals surface area contributed by atoms with E-state index in [1.54, 1.807) is 22.9 Å². The Labute approximate surface area is 243 Å². The smallest absolute Gasteiger partial charge is 0.403 e. The number of amides is 2. The second-order valence-corrected chi connectivity index (χ2v) is 10.1. The van der Waals surface area contributed by atoms with Crippen LogP contribution in [0.3, 0.4) is 0 Å². The molecule has 2 aliphatic heterocycles. The first-order valence-electron chi connectivity index (χ1n) is 12.9. The fourth-order valence-electron chi connectivity index (χ4n) is 4.68. The summed E-state index contributed by atoms with van der Waals surface area (Å²) in [7, 11) is 1.95. The minimum Gasteiger partial charge on any atom is -0.403 e. The van der Waals surface area contributed by atoms with Crippen LogP contribution >= 0.6 is 11.6 Å². The van der Waals surface area contributed by atoms with E-state index in [-0.39, 0.29) is 41.2 Å². The highest BCUT2D eigenvalue weighted by atomic mass is 35.5. The first-order valence-corrected chi connectivity index (χ1v) is 13.3. The van der Waals surface area contributed by atoms with Crippen LogP contribution in [0.4, 0.5) is 36.4 Å². The molecule has 1 saturated heterocycles. The van der Waals surface area contributed by atoms with Gasteiger partial charge in [0.25, 0.3) is 5.91 Å². The number of hydrogen-bond acceptors (Lipinski definition) is 9. The van der Waals surface area contributed by atoms with E-state index in [0.717, 1.165) is 6.08 Å². The van der Waals surface area contributed by atoms with Gasteiger partial charge in [-0.05, 0) is 25.3 Å². The van der Waals surface area contributed by atoms with E-state index >= 15 is 0 Å². The molecule has 1 fully saturated rings. The summed E-state index contributed by atoms with van der Waals surface area (Å²) in [5, 5.41) is 5.48. The van der Waals surface area contributed by atoms with Crippen molar-refractivity contribution in [2.24, 2.45) is 0 Å². The number of rotatable bonds is 7. The molecule has 0 bridgehead atoms. The van der Waals surface area contributed by atoms with Gasteiger partial charge in [-0.15, -0.1) is 13.2 Å². The number of imidazole rings is 1. The summed E-state index contributed by atoms with van der Waals surface area (Å²) in [4.78, 5) is 43.0. The van der Waals surface area contributed by atoms with Crippen molar-refractivity contribution in [3.8, 4) is 5.75 Å². The zero-order chi connectivity index (χ0) is 30.0. The predicted octanol–water partition coefficient (Wildman–Crippen LogP) is 3.50. The first kappa shape index (κ1) is 29.1. The fraction of sp³-hybridized carbons (Fsp3) is 0.346. The normalized spacial score (nSPS) is 15.6. The zero-order valence-corrected chi connectivity index (χ0v) is 23.2. The number of alkyl halides is 3. The number of ether oxygens (including phenoxy) is 1. The number of halogens is 4. The van der Waals surface area contributed by atoms with Crippen LogP contribution in [0.25, 0.3) is 0 Å². The molecule has 4 heterocycles. The Kier molecular flexibility index (Phi) is 8.22. The quantitative estimate of drug-likeness (QED) is 0.390.